The van der Waals surface area contributed by atoms with E-state index in [1.807, 2.05) is 0 Å². The summed E-state index contributed by atoms with van der Waals surface area (Å²) in [6.07, 6.45) is 2.77. The number of nitriles is 1. The van der Waals surface area contributed by atoms with E-state index in [9.17, 15) is 0 Å². The third kappa shape index (κ3) is 0.341. The summed E-state index contributed by atoms with van der Waals surface area (Å²) in [6.45, 7) is 0. The van der Waals surface area contributed by atoms with Gasteiger partial charge in [-0.15, -0.1) is 0 Å². The second-order valence-corrected chi connectivity index (χ2v) is 4.93. The van der Waals surface area contributed by atoms with Crippen LogP contribution in [0.15, 0.2) is 0 Å². The minimum absolute atomic E-state index is 0.471. The van der Waals surface area contributed by atoms with E-state index in [2.05, 4.69) is 6.07 Å². The summed E-state index contributed by atoms with van der Waals surface area (Å²) in [7, 11) is 0. The van der Waals surface area contributed by atoms with Crippen LogP contribution in [0.3, 0.4) is 0 Å². The van der Waals surface area contributed by atoms with Crippen molar-refractivity contribution < 1.29 is 0 Å². The molecule has 0 aromatic rings. The number of hydrogen-bond acceptors (Lipinski definition) is 1. The van der Waals surface area contributed by atoms with E-state index in [4.69, 9.17) is 5.26 Å². The van der Waals surface area contributed by atoms with Crippen LogP contribution in [0.2, 0.25) is 0 Å². The van der Waals surface area contributed by atoms with Crippen molar-refractivity contribution in [3.63, 3.8) is 0 Å². The van der Waals surface area contributed by atoms with Crippen LogP contribution < -0.4 is 0 Å². The van der Waals surface area contributed by atoms with Gasteiger partial charge in [-0.25, -0.2) is 0 Å². The molecule has 1 nitrogen and oxygen atoms in total. The van der Waals surface area contributed by atoms with Gasteiger partial charge in [0.25, 0.3) is 0 Å². The second-order valence-electron chi connectivity index (χ2n) is 4.93. The fourth-order valence-corrected chi connectivity index (χ4v) is 4.88. The lowest BCUT2D eigenvalue weighted by atomic mass is 9.90. The minimum Gasteiger partial charge on any atom is -0.198 e. The zero-order valence-electron chi connectivity index (χ0n) is 6.40. The maximum Gasteiger partial charge on any atom is 0.0659 e. The normalized spacial score (nSPS) is 73.5. The van der Waals surface area contributed by atoms with E-state index in [0.29, 0.717) is 5.92 Å². The van der Waals surface area contributed by atoms with Crippen molar-refractivity contribution in [1.29, 1.82) is 5.26 Å². The van der Waals surface area contributed by atoms with Crippen LogP contribution in [0.1, 0.15) is 12.8 Å². The van der Waals surface area contributed by atoms with Crippen LogP contribution in [0, 0.1) is 52.8 Å². The van der Waals surface area contributed by atoms with Gasteiger partial charge in [0.1, 0.15) is 0 Å². The Balaban J connectivity index is 1.86. The van der Waals surface area contributed by atoms with Gasteiger partial charge in [-0.3, -0.25) is 0 Å². The predicted octanol–water partition coefficient (Wildman–Crippen LogP) is 1.66. The first-order valence-electron chi connectivity index (χ1n) is 4.81. The van der Waals surface area contributed by atoms with Crippen LogP contribution in [-0.2, 0) is 0 Å². The largest absolute Gasteiger partial charge is 0.198 e. The molecule has 5 aliphatic rings. The molecule has 0 saturated heterocycles. The molecule has 5 rings (SSSR count). The first kappa shape index (κ1) is 5.19. The highest BCUT2D eigenvalue weighted by Crippen LogP contribution is 2.81. The van der Waals surface area contributed by atoms with Gasteiger partial charge in [0.2, 0.25) is 0 Å². The third-order valence-corrected chi connectivity index (χ3v) is 4.98. The monoisotopic (exact) mass is 145 g/mol. The first-order valence-corrected chi connectivity index (χ1v) is 4.81. The molecule has 0 aromatic carbocycles. The smallest absolute Gasteiger partial charge is 0.0659 e. The SMILES string of the molecule is N#CC1CC2C3CC4C2C4C13. The second kappa shape index (κ2) is 1.24. The molecular formula is C10H11N. The standard InChI is InChI=1S/C10H11N/c11-3-4-1-5-6-2-7-9(5)10(7)8(4)6/h4-10H,1-2H2. The van der Waals surface area contributed by atoms with Gasteiger partial charge >= 0.3 is 0 Å². The van der Waals surface area contributed by atoms with E-state index < -0.39 is 0 Å². The molecule has 5 aliphatic carbocycles. The average molecular weight is 145 g/mol. The Kier molecular flexibility index (Phi) is 0.585. The van der Waals surface area contributed by atoms with Crippen molar-refractivity contribution in [3.05, 3.63) is 0 Å². The summed E-state index contributed by atoms with van der Waals surface area (Å²) >= 11 is 0. The molecule has 7 atom stereocenters. The molecule has 0 amide bonds. The fourth-order valence-electron chi connectivity index (χ4n) is 4.88. The highest BCUT2D eigenvalue weighted by atomic mass is 14.8. The Morgan fingerprint density at radius 2 is 1.73 bits per heavy atom. The minimum atomic E-state index is 0.471. The van der Waals surface area contributed by atoms with Crippen molar-refractivity contribution in [1.82, 2.24) is 0 Å². The molecule has 5 saturated carbocycles. The molecule has 0 aromatic heterocycles. The lowest BCUT2D eigenvalue weighted by molar-refractivity contribution is 0.375. The summed E-state index contributed by atoms with van der Waals surface area (Å²) < 4.78 is 0. The van der Waals surface area contributed by atoms with Gasteiger partial charge in [-0.2, -0.15) is 5.26 Å². The number of hydrogen-bond donors (Lipinski definition) is 0. The lowest BCUT2D eigenvalue weighted by Crippen LogP contribution is -2.11. The van der Waals surface area contributed by atoms with E-state index in [0.717, 1.165) is 35.5 Å². The van der Waals surface area contributed by atoms with Crippen LogP contribution in [-0.4, -0.2) is 0 Å². The van der Waals surface area contributed by atoms with Crippen molar-refractivity contribution in [2.45, 2.75) is 12.8 Å². The van der Waals surface area contributed by atoms with Gasteiger partial charge in [0.05, 0.1) is 6.07 Å². The van der Waals surface area contributed by atoms with Gasteiger partial charge in [0.15, 0.2) is 0 Å². The maximum atomic E-state index is 8.91. The topological polar surface area (TPSA) is 23.8 Å². The molecule has 0 heterocycles. The molecule has 7 unspecified atom stereocenters. The van der Waals surface area contributed by atoms with Gasteiger partial charge in [-0.1, -0.05) is 0 Å². The number of nitrogens with zero attached hydrogens (tertiary/aromatic N) is 1. The highest BCUT2D eigenvalue weighted by molar-refractivity contribution is 5.27. The van der Waals surface area contributed by atoms with Crippen LogP contribution in [0.4, 0.5) is 0 Å². The van der Waals surface area contributed by atoms with Crippen molar-refractivity contribution in [2.75, 3.05) is 0 Å². The lowest BCUT2D eigenvalue weighted by Gasteiger charge is -2.12. The Hall–Kier alpha value is -0.510. The van der Waals surface area contributed by atoms with Crippen LogP contribution in [0.5, 0.6) is 0 Å². The highest BCUT2D eigenvalue weighted by Gasteiger charge is 2.77. The number of rotatable bonds is 0. The molecule has 5 fully saturated rings. The quantitative estimate of drug-likeness (QED) is 0.508. The molecule has 6 bridgehead atoms. The Bertz CT molecular complexity index is 277. The summed E-state index contributed by atoms with van der Waals surface area (Å²) in [5.41, 5.74) is 0. The zero-order chi connectivity index (χ0) is 7.16. The van der Waals surface area contributed by atoms with E-state index in [1.165, 1.54) is 12.8 Å². The molecule has 11 heavy (non-hydrogen) atoms. The molecule has 0 N–H and O–H groups in total. The molecule has 0 spiro atoms. The van der Waals surface area contributed by atoms with Gasteiger partial charge in [0, 0.05) is 5.92 Å². The van der Waals surface area contributed by atoms with Gasteiger partial charge < -0.3 is 0 Å². The molecular weight excluding hydrogens is 134 g/mol. The summed E-state index contributed by atoms with van der Waals surface area (Å²) in [4.78, 5) is 0. The molecule has 1 heteroatoms. The summed E-state index contributed by atoms with van der Waals surface area (Å²) in [5, 5.41) is 8.91. The van der Waals surface area contributed by atoms with Crippen molar-refractivity contribution in [2.24, 2.45) is 41.4 Å². The Labute approximate surface area is 66.4 Å². The maximum absolute atomic E-state index is 8.91. The van der Waals surface area contributed by atoms with E-state index in [-0.39, 0.29) is 0 Å². The van der Waals surface area contributed by atoms with Crippen molar-refractivity contribution in [3.8, 4) is 6.07 Å². The Morgan fingerprint density at radius 1 is 0.909 bits per heavy atom. The first-order chi connectivity index (χ1) is 5.42. The predicted molar refractivity (Wildman–Crippen MR) is 39.3 cm³/mol. The van der Waals surface area contributed by atoms with E-state index >= 15 is 0 Å². The molecule has 0 aliphatic heterocycles. The Morgan fingerprint density at radius 3 is 2.27 bits per heavy atom. The summed E-state index contributed by atoms with van der Waals surface area (Å²) in [5.74, 6) is 6.64. The van der Waals surface area contributed by atoms with Gasteiger partial charge in [-0.05, 0) is 48.3 Å². The third-order valence-electron chi connectivity index (χ3n) is 4.98. The zero-order valence-corrected chi connectivity index (χ0v) is 6.40. The average Bonchev–Trinajstić information content (AvgIpc) is 2.41. The van der Waals surface area contributed by atoms with Crippen LogP contribution >= 0.6 is 0 Å². The molecule has 0 radical (unpaired) electrons. The fraction of sp³-hybridized carbons (Fsp3) is 0.900. The summed E-state index contributed by atoms with van der Waals surface area (Å²) in [6, 6.07) is 2.51. The van der Waals surface area contributed by atoms with Crippen LogP contribution in [0.25, 0.3) is 0 Å². The van der Waals surface area contributed by atoms with E-state index in [1.54, 1.807) is 0 Å². The molecule has 56 valence electrons. The van der Waals surface area contributed by atoms with Crippen molar-refractivity contribution >= 4 is 0 Å².